The molecule has 2 unspecified atom stereocenters. The summed E-state index contributed by atoms with van der Waals surface area (Å²) in [4.78, 5) is 0. The minimum absolute atomic E-state index is 0.0336. The zero-order valence-electron chi connectivity index (χ0n) is 10.3. The molecule has 3 heteroatoms. The van der Waals surface area contributed by atoms with Crippen LogP contribution in [0.1, 0.15) is 44.6 Å². The summed E-state index contributed by atoms with van der Waals surface area (Å²) in [6, 6.07) is 6.08. The van der Waals surface area contributed by atoms with Gasteiger partial charge in [-0.25, -0.2) is 0 Å². The molecule has 2 atom stereocenters. The Morgan fingerprint density at radius 3 is 2.71 bits per heavy atom. The predicted molar refractivity (Wildman–Crippen MR) is 72.5 cm³/mol. The van der Waals surface area contributed by atoms with E-state index in [0.717, 1.165) is 29.5 Å². The predicted octanol–water partition coefficient (Wildman–Crippen LogP) is 3.86. The average Bonchev–Trinajstić information content (AvgIpc) is 2.67. The number of aliphatic hydroxyl groups is 1. The number of halogens is 1. The van der Waals surface area contributed by atoms with E-state index < -0.39 is 0 Å². The minimum atomic E-state index is -0.307. The van der Waals surface area contributed by atoms with E-state index in [4.69, 9.17) is 4.74 Å². The van der Waals surface area contributed by atoms with Crippen LogP contribution in [0.15, 0.2) is 22.7 Å². The summed E-state index contributed by atoms with van der Waals surface area (Å²) in [5, 5.41) is 9.80. The van der Waals surface area contributed by atoms with E-state index in [9.17, 15) is 5.11 Å². The van der Waals surface area contributed by atoms with E-state index in [1.807, 2.05) is 12.1 Å². The van der Waals surface area contributed by atoms with E-state index in [-0.39, 0.29) is 12.2 Å². The lowest BCUT2D eigenvalue weighted by Crippen LogP contribution is -2.26. The highest BCUT2D eigenvalue weighted by Gasteiger charge is 2.27. The number of hydrogen-bond acceptors (Lipinski definition) is 2. The normalized spacial score (nSPS) is 24.3. The third-order valence-corrected chi connectivity index (χ3v) is 3.78. The smallest absolute Gasteiger partial charge is 0.124 e. The Bertz CT molecular complexity index is 390. The summed E-state index contributed by atoms with van der Waals surface area (Å²) in [5.74, 6) is 1.33. The molecule has 94 valence electrons. The standard InChI is InChI=1S/C14H19BrO2/c1-9(2)11-8-10(15)6-7-13(11)17-14-5-3-4-12(14)16/h6-9,12,14,16H,3-5H2,1-2H3. The maximum Gasteiger partial charge on any atom is 0.124 e. The molecule has 1 N–H and O–H groups in total. The fraction of sp³-hybridized carbons (Fsp3) is 0.571. The molecule has 17 heavy (non-hydrogen) atoms. The van der Waals surface area contributed by atoms with Gasteiger partial charge in [-0.1, -0.05) is 29.8 Å². The van der Waals surface area contributed by atoms with Gasteiger partial charge in [-0.3, -0.25) is 0 Å². The number of benzene rings is 1. The van der Waals surface area contributed by atoms with Gasteiger partial charge in [0.1, 0.15) is 11.9 Å². The summed E-state index contributed by atoms with van der Waals surface area (Å²) in [6.07, 6.45) is 2.53. The summed E-state index contributed by atoms with van der Waals surface area (Å²) in [6.45, 7) is 4.30. The van der Waals surface area contributed by atoms with Crippen LogP contribution < -0.4 is 4.74 Å². The van der Waals surface area contributed by atoms with Gasteiger partial charge in [0.05, 0.1) is 6.10 Å². The van der Waals surface area contributed by atoms with Gasteiger partial charge in [-0.2, -0.15) is 0 Å². The van der Waals surface area contributed by atoms with Gasteiger partial charge in [-0.05, 0) is 48.9 Å². The second-order valence-corrected chi connectivity index (χ2v) is 5.91. The van der Waals surface area contributed by atoms with Crippen LogP contribution in [0.5, 0.6) is 5.75 Å². The third-order valence-electron chi connectivity index (χ3n) is 3.29. The molecule has 1 aliphatic carbocycles. The highest BCUT2D eigenvalue weighted by atomic mass is 79.9. The molecule has 0 saturated heterocycles. The fourth-order valence-electron chi connectivity index (χ4n) is 2.28. The van der Waals surface area contributed by atoms with Crippen LogP contribution in [-0.2, 0) is 0 Å². The summed E-state index contributed by atoms with van der Waals surface area (Å²) in [5.41, 5.74) is 1.19. The van der Waals surface area contributed by atoms with Crippen LogP contribution in [0.4, 0.5) is 0 Å². The molecule has 0 heterocycles. The molecule has 0 spiro atoms. The zero-order chi connectivity index (χ0) is 12.4. The second-order valence-electron chi connectivity index (χ2n) is 4.99. The van der Waals surface area contributed by atoms with Crippen LogP contribution >= 0.6 is 15.9 Å². The van der Waals surface area contributed by atoms with Gasteiger partial charge < -0.3 is 9.84 Å². The lowest BCUT2D eigenvalue weighted by atomic mass is 10.0. The lowest BCUT2D eigenvalue weighted by molar-refractivity contribution is 0.0596. The summed E-state index contributed by atoms with van der Waals surface area (Å²) < 4.78 is 7.03. The van der Waals surface area contributed by atoms with E-state index in [0.29, 0.717) is 5.92 Å². The molecule has 1 aromatic rings. The van der Waals surface area contributed by atoms with Gasteiger partial charge in [0, 0.05) is 4.47 Å². The summed E-state index contributed by atoms with van der Waals surface area (Å²) >= 11 is 3.48. The topological polar surface area (TPSA) is 29.5 Å². The quantitative estimate of drug-likeness (QED) is 0.918. The maximum absolute atomic E-state index is 9.80. The SMILES string of the molecule is CC(C)c1cc(Br)ccc1OC1CCCC1O. The van der Waals surface area contributed by atoms with Crippen molar-refractivity contribution in [2.24, 2.45) is 0 Å². The molecule has 1 aliphatic rings. The van der Waals surface area contributed by atoms with Crippen molar-refractivity contribution in [3.8, 4) is 5.75 Å². The average molecular weight is 299 g/mol. The first-order valence-electron chi connectivity index (χ1n) is 6.22. The first kappa shape index (κ1) is 12.9. The van der Waals surface area contributed by atoms with Gasteiger partial charge in [0.25, 0.3) is 0 Å². The van der Waals surface area contributed by atoms with Gasteiger partial charge in [-0.15, -0.1) is 0 Å². The third kappa shape index (κ3) is 3.02. The molecule has 0 aliphatic heterocycles. The van der Waals surface area contributed by atoms with E-state index in [2.05, 4.69) is 35.8 Å². The van der Waals surface area contributed by atoms with Crippen LogP contribution in [-0.4, -0.2) is 17.3 Å². The van der Waals surface area contributed by atoms with Gasteiger partial charge in [0.15, 0.2) is 0 Å². The van der Waals surface area contributed by atoms with E-state index in [1.54, 1.807) is 0 Å². The van der Waals surface area contributed by atoms with Crippen molar-refractivity contribution in [2.45, 2.75) is 51.2 Å². The van der Waals surface area contributed by atoms with Crippen molar-refractivity contribution in [3.05, 3.63) is 28.2 Å². The molecule has 0 radical (unpaired) electrons. The van der Waals surface area contributed by atoms with Crippen LogP contribution in [0.3, 0.4) is 0 Å². The molecule has 1 aromatic carbocycles. The van der Waals surface area contributed by atoms with Gasteiger partial charge in [0.2, 0.25) is 0 Å². The molecule has 1 saturated carbocycles. The Hall–Kier alpha value is -0.540. The molecule has 0 aromatic heterocycles. The van der Waals surface area contributed by atoms with E-state index >= 15 is 0 Å². The highest BCUT2D eigenvalue weighted by molar-refractivity contribution is 9.10. The molecular formula is C14H19BrO2. The zero-order valence-corrected chi connectivity index (χ0v) is 11.9. The Morgan fingerprint density at radius 2 is 2.12 bits per heavy atom. The molecular weight excluding hydrogens is 280 g/mol. The minimum Gasteiger partial charge on any atom is -0.487 e. The number of aliphatic hydroxyl groups excluding tert-OH is 1. The largest absolute Gasteiger partial charge is 0.487 e. The Kier molecular flexibility index (Phi) is 4.10. The number of hydrogen-bond donors (Lipinski definition) is 1. The monoisotopic (exact) mass is 298 g/mol. The Morgan fingerprint density at radius 1 is 1.35 bits per heavy atom. The Balaban J connectivity index is 2.19. The van der Waals surface area contributed by atoms with Gasteiger partial charge >= 0.3 is 0 Å². The molecule has 0 amide bonds. The molecule has 2 nitrogen and oxygen atoms in total. The van der Waals surface area contributed by atoms with Crippen molar-refractivity contribution in [1.82, 2.24) is 0 Å². The van der Waals surface area contributed by atoms with Crippen molar-refractivity contribution in [1.29, 1.82) is 0 Å². The molecule has 1 fully saturated rings. The second kappa shape index (κ2) is 5.40. The highest BCUT2D eigenvalue weighted by Crippen LogP contribution is 2.32. The van der Waals surface area contributed by atoms with E-state index in [1.165, 1.54) is 5.56 Å². The first-order chi connectivity index (χ1) is 8.08. The maximum atomic E-state index is 9.80. The van der Waals surface area contributed by atoms with Crippen LogP contribution in [0, 0.1) is 0 Å². The lowest BCUT2D eigenvalue weighted by Gasteiger charge is -2.21. The molecule has 2 rings (SSSR count). The van der Waals surface area contributed by atoms with Crippen LogP contribution in [0.2, 0.25) is 0 Å². The summed E-state index contributed by atoms with van der Waals surface area (Å²) in [7, 11) is 0. The number of rotatable bonds is 3. The van der Waals surface area contributed by atoms with Crippen molar-refractivity contribution >= 4 is 15.9 Å². The first-order valence-corrected chi connectivity index (χ1v) is 7.01. The fourth-order valence-corrected chi connectivity index (χ4v) is 2.66. The van der Waals surface area contributed by atoms with Crippen molar-refractivity contribution in [3.63, 3.8) is 0 Å². The van der Waals surface area contributed by atoms with Crippen molar-refractivity contribution < 1.29 is 9.84 Å². The Labute approximate surface area is 111 Å². The van der Waals surface area contributed by atoms with Crippen molar-refractivity contribution in [2.75, 3.05) is 0 Å². The molecule has 0 bridgehead atoms. The van der Waals surface area contributed by atoms with Crippen LogP contribution in [0.25, 0.3) is 0 Å². The number of ether oxygens (including phenoxy) is 1.